The van der Waals surface area contributed by atoms with Crippen molar-refractivity contribution in [2.24, 2.45) is 0 Å². The van der Waals surface area contributed by atoms with Crippen LogP contribution in [0, 0.1) is 0 Å². The van der Waals surface area contributed by atoms with Gasteiger partial charge in [0.2, 0.25) is 4.32 Å². The second-order valence-corrected chi connectivity index (χ2v) is 5.14. The highest BCUT2D eigenvalue weighted by Crippen LogP contribution is 2.26. The quantitative estimate of drug-likeness (QED) is 0.344. The first-order valence-corrected chi connectivity index (χ1v) is 6.24. The Morgan fingerprint density at radius 1 is 1.16 bits per heavy atom. The van der Waals surface area contributed by atoms with Gasteiger partial charge in [-0.2, -0.15) is 0 Å². The summed E-state index contributed by atoms with van der Waals surface area (Å²) in [6.07, 6.45) is 0. The van der Waals surface area contributed by atoms with Crippen LogP contribution in [0.15, 0.2) is 24.3 Å². The summed E-state index contributed by atoms with van der Waals surface area (Å²) in [6, 6.07) is 6.45. The number of carbonyl (C=O) groups excluding carboxylic acids is 2. The largest absolute Gasteiger partial charge is 0.497 e. The number of ether oxygens (including phenoxy) is 3. The summed E-state index contributed by atoms with van der Waals surface area (Å²) in [5.74, 6) is -0.499. The zero-order valence-electron chi connectivity index (χ0n) is 10.9. The molecule has 0 heterocycles. The number of halogens is 1. The van der Waals surface area contributed by atoms with Gasteiger partial charge in [0.15, 0.2) is 5.78 Å². The van der Waals surface area contributed by atoms with Crippen molar-refractivity contribution in [1.82, 2.24) is 0 Å². The molecule has 0 fully saturated rings. The molecule has 0 bridgehead atoms. The van der Waals surface area contributed by atoms with Crippen LogP contribution < -0.4 is 4.74 Å². The summed E-state index contributed by atoms with van der Waals surface area (Å²) in [5.41, 5.74) is 0.361. The van der Waals surface area contributed by atoms with Gasteiger partial charge in [0.1, 0.15) is 5.75 Å². The Kier molecular flexibility index (Phi) is 5.50. The maximum atomic E-state index is 12.4. The van der Waals surface area contributed by atoms with E-state index in [1.807, 2.05) is 0 Å². The van der Waals surface area contributed by atoms with E-state index in [9.17, 15) is 9.59 Å². The van der Waals surface area contributed by atoms with E-state index in [4.69, 9.17) is 9.47 Å². The second-order valence-electron chi connectivity index (χ2n) is 3.78. The third kappa shape index (κ3) is 3.33. The topological polar surface area (TPSA) is 61.8 Å². The standard InChI is InChI=1S/C13H15BrO5/c1-17-8-13(14,12(16)19-3)11(15)9-4-6-10(18-2)7-5-9/h4-7H,8H2,1-3H3. The molecule has 6 heteroatoms. The van der Waals surface area contributed by atoms with Crippen LogP contribution in [0.3, 0.4) is 0 Å². The van der Waals surface area contributed by atoms with E-state index in [0.29, 0.717) is 11.3 Å². The van der Waals surface area contributed by atoms with Gasteiger partial charge in [0, 0.05) is 12.7 Å². The fourth-order valence-corrected chi connectivity index (χ4v) is 2.17. The predicted octanol–water partition coefficient (Wildman–Crippen LogP) is 1.83. The van der Waals surface area contributed by atoms with Crippen LogP contribution in [0.5, 0.6) is 5.75 Å². The number of benzene rings is 1. The Hall–Kier alpha value is -1.40. The van der Waals surface area contributed by atoms with Crippen LogP contribution >= 0.6 is 15.9 Å². The normalized spacial score (nSPS) is 13.5. The number of hydrogen-bond acceptors (Lipinski definition) is 5. The van der Waals surface area contributed by atoms with Gasteiger partial charge in [-0.3, -0.25) is 4.79 Å². The molecule has 0 aliphatic rings. The summed E-state index contributed by atoms with van der Waals surface area (Å²) in [6.45, 7) is -0.121. The lowest BCUT2D eigenvalue weighted by Crippen LogP contribution is -2.45. The number of hydrogen-bond donors (Lipinski definition) is 0. The van der Waals surface area contributed by atoms with Crippen molar-refractivity contribution >= 4 is 27.7 Å². The first-order chi connectivity index (χ1) is 8.99. The molecule has 0 aromatic heterocycles. The van der Waals surface area contributed by atoms with E-state index in [1.165, 1.54) is 21.3 Å². The van der Waals surface area contributed by atoms with Gasteiger partial charge in [0.05, 0.1) is 20.8 Å². The average Bonchev–Trinajstić information content (AvgIpc) is 2.45. The molecule has 0 amide bonds. The Balaban J connectivity index is 3.08. The van der Waals surface area contributed by atoms with Crippen molar-refractivity contribution in [2.75, 3.05) is 27.9 Å². The monoisotopic (exact) mass is 330 g/mol. The number of Topliss-reactive ketones (excluding diaryl/α,β-unsaturated/α-hetero) is 1. The van der Waals surface area contributed by atoms with E-state index in [1.54, 1.807) is 24.3 Å². The first-order valence-electron chi connectivity index (χ1n) is 5.44. The van der Waals surface area contributed by atoms with Gasteiger partial charge in [0.25, 0.3) is 0 Å². The fourth-order valence-electron chi connectivity index (χ4n) is 1.55. The minimum Gasteiger partial charge on any atom is -0.497 e. The summed E-state index contributed by atoms with van der Waals surface area (Å²) in [7, 11) is 4.15. The SMILES string of the molecule is COCC(Br)(C(=O)OC)C(=O)c1ccc(OC)cc1. The molecule has 0 saturated heterocycles. The molecule has 0 saturated carbocycles. The molecular weight excluding hydrogens is 316 g/mol. The fraction of sp³-hybridized carbons (Fsp3) is 0.385. The van der Waals surface area contributed by atoms with Gasteiger partial charge >= 0.3 is 5.97 Å². The van der Waals surface area contributed by atoms with E-state index in [2.05, 4.69) is 20.7 Å². The third-order valence-corrected chi connectivity index (χ3v) is 3.48. The van der Waals surface area contributed by atoms with Gasteiger partial charge in [-0.1, -0.05) is 15.9 Å². The van der Waals surface area contributed by atoms with Gasteiger partial charge in [-0.25, -0.2) is 4.79 Å². The van der Waals surface area contributed by atoms with Crippen molar-refractivity contribution < 1.29 is 23.8 Å². The Morgan fingerprint density at radius 3 is 2.16 bits per heavy atom. The lowest BCUT2D eigenvalue weighted by molar-refractivity contribution is -0.143. The maximum Gasteiger partial charge on any atom is 0.333 e. The van der Waals surface area contributed by atoms with Crippen LogP contribution in [-0.4, -0.2) is 44.0 Å². The summed E-state index contributed by atoms with van der Waals surface area (Å²) >= 11 is 3.13. The van der Waals surface area contributed by atoms with Crippen LogP contribution in [0.4, 0.5) is 0 Å². The number of esters is 1. The lowest BCUT2D eigenvalue weighted by atomic mass is 9.98. The molecule has 0 radical (unpaired) electrons. The zero-order valence-corrected chi connectivity index (χ0v) is 12.5. The molecule has 104 valence electrons. The predicted molar refractivity (Wildman–Crippen MR) is 72.9 cm³/mol. The van der Waals surface area contributed by atoms with Crippen LogP contribution in [-0.2, 0) is 14.3 Å². The van der Waals surface area contributed by atoms with E-state index in [0.717, 1.165) is 0 Å². The maximum absolute atomic E-state index is 12.4. The highest BCUT2D eigenvalue weighted by atomic mass is 79.9. The Bertz CT molecular complexity index is 457. The molecule has 5 nitrogen and oxygen atoms in total. The van der Waals surface area contributed by atoms with Crippen LogP contribution in [0.25, 0.3) is 0 Å². The minimum atomic E-state index is -1.54. The first kappa shape index (κ1) is 15.7. The summed E-state index contributed by atoms with van der Waals surface area (Å²) in [5, 5.41) is 0. The van der Waals surface area contributed by atoms with Crippen molar-refractivity contribution in [3.8, 4) is 5.75 Å². The molecule has 0 aliphatic heterocycles. The van der Waals surface area contributed by atoms with E-state index in [-0.39, 0.29) is 6.61 Å². The van der Waals surface area contributed by atoms with Crippen molar-refractivity contribution in [3.63, 3.8) is 0 Å². The molecular formula is C13H15BrO5. The van der Waals surface area contributed by atoms with Crippen LogP contribution in [0.2, 0.25) is 0 Å². The van der Waals surface area contributed by atoms with Gasteiger partial charge in [-0.15, -0.1) is 0 Å². The molecule has 1 aromatic carbocycles. The molecule has 1 unspecified atom stereocenters. The van der Waals surface area contributed by atoms with Crippen molar-refractivity contribution in [2.45, 2.75) is 4.32 Å². The highest BCUT2D eigenvalue weighted by molar-refractivity contribution is 9.10. The summed E-state index contributed by atoms with van der Waals surface area (Å²) in [4.78, 5) is 24.2. The summed E-state index contributed by atoms with van der Waals surface area (Å²) < 4.78 is 13.0. The van der Waals surface area contributed by atoms with Crippen molar-refractivity contribution in [1.29, 1.82) is 0 Å². The molecule has 1 rings (SSSR count). The van der Waals surface area contributed by atoms with E-state index < -0.39 is 16.1 Å². The average molecular weight is 331 g/mol. The molecule has 0 N–H and O–H groups in total. The van der Waals surface area contributed by atoms with Gasteiger partial charge in [-0.05, 0) is 24.3 Å². The lowest BCUT2D eigenvalue weighted by Gasteiger charge is -2.22. The van der Waals surface area contributed by atoms with Gasteiger partial charge < -0.3 is 14.2 Å². The second kappa shape index (κ2) is 6.68. The number of rotatable bonds is 6. The molecule has 1 aromatic rings. The third-order valence-electron chi connectivity index (χ3n) is 2.56. The zero-order chi connectivity index (χ0) is 14.5. The number of methoxy groups -OCH3 is 3. The molecule has 0 spiro atoms. The van der Waals surface area contributed by atoms with Crippen LogP contribution in [0.1, 0.15) is 10.4 Å². The number of ketones is 1. The molecule has 0 aliphatic carbocycles. The highest BCUT2D eigenvalue weighted by Gasteiger charge is 2.45. The Morgan fingerprint density at radius 2 is 1.74 bits per heavy atom. The number of carbonyl (C=O) groups is 2. The Labute approximate surface area is 120 Å². The minimum absolute atomic E-state index is 0.121. The number of alkyl halides is 1. The molecule has 1 atom stereocenters. The van der Waals surface area contributed by atoms with Crippen molar-refractivity contribution in [3.05, 3.63) is 29.8 Å². The van der Waals surface area contributed by atoms with E-state index >= 15 is 0 Å². The molecule has 19 heavy (non-hydrogen) atoms. The smallest absolute Gasteiger partial charge is 0.333 e.